The van der Waals surface area contributed by atoms with Crippen LogP contribution < -0.4 is 9.62 Å². The lowest BCUT2D eigenvalue weighted by Crippen LogP contribution is -2.52. The van der Waals surface area contributed by atoms with Crippen molar-refractivity contribution < 1.29 is 31.2 Å². The number of carbonyl (C=O) groups excluding carboxylic acids is 2. The molecule has 220 valence electrons. The zero-order valence-electron chi connectivity index (χ0n) is 22.2. The van der Waals surface area contributed by atoms with Crippen molar-refractivity contribution in [3.05, 3.63) is 94.0 Å². The predicted molar refractivity (Wildman–Crippen MR) is 152 cm³/mol. The van der Waals surface area contributed by atoms with Gasteiger partial charge in [-0.3, -0.25) is 13.9 Å². The average molecular weight is 631 g/mol. The van der Waals surface area contributed by atoms with Crippen molar-refractivity contribution in [2.75, 3.05) is 17.4 Å². The molecule has 0 aliphatic rings. The summed E-state index contributed by atoms with van der Waals surface area (Å²) in [4.78, 5) is 27.8. The van der Waals surface area contributed by atoms with Crippen LogP contribution in [0.3, 0.4) is 0 Å². The third-order valence-electron chi connectivity index (χ3n) is 6.15. The maximum atomic E-state index is 13.9. The first-order valence-electron chi connectivity index (χ1n) is 12.6. The zero-order valence-corrected chi connectivity index (χ0v) is 24.5. The van der Waals surface area contributed by atoms with Gasteiger partial charge in [0.05, 0.1) is 26.2 Å². The number of amides is 2. The molecule has 3 aromatic carbocycles. The van der Waals surface area contributed by atoms with E-state index in [0.717, 1.165) is 12.1 Å². The Morgan fingerprint density at radius 2 is 1.61 bits per heavy atom. The van der Waals surface area contributed by atoms with Crippen LogP contribution in [0.5, 0.6) is 0 Å². The van der Waals surface area contributed by atoms with Crippen molar-refractivity contribution in [1.29, 1.82) is 0 Å². The number of rotatable bonds is 11. The van der Waals surface area contributed by atoms with Gasteiger partial charge in [-0.15, -0.1) is 0 Å². The van der Waals surface area contributed by atoms with Gasteiger partial charge in [-0.25, -0.2) is 8.42 Å². The minimum Gasteiger partial charge on any atom is -0.355 e. The SMILES string of the molecule is CCNC(=O)[C@H](CC)N(Cc1ccc(Cl)c(Cl)c1)C(=O)CN(c1cccc(C(F)(F)F)c1)S(=O)(=O)c1ccccc1. The smallest absolute Gasteiger partial charge is 0.355 e. The molecule has 0 radical (unpaired) electrons. The van der Waals surface area contributed by atoms with Crippen molar-refractivity contribution in [1.82, 2.24) is 10.2 Å². The Morgan fingerprint density at radius 1 is 0.927 bits per heavy atom. The van der Waals surface area contributed by atoms with Crippen LogP contribution in [0, 0.1) is 0 Å². The topological polar surface area (TPSA) is 86.8 Å². The van der Waals surface area contributed by atoms with Crippen LogP contribution >= 0.6 is 23.2 Å². The summed E-state index contributed by atoms with van der Waals surface area (Å²) in [6, 6.07) is 14.4. The second kappa shape index (κ2) is 13.6. The number of anilines is 1. The normalized spacial score (nSPS) is 12.5. The minimum absolute atomic E-state index is 0.146. The van der Waals surface area contributed by atoms with Gasteiger partial charge in [0.15, 0.2) is 0 Å². The van der Waals surface area contributed by atoms with E-state index in [1.807, 2.05) is 0 Å². The molecule has 2 amide bonds. The lowest BCUT2D eigenvalue weighted by Gasteiger charge is -2.33. The van der Waals surface area contributed by atoms with E-state index in [1.54, 1.807) is 26.0 Å². The van der Waals surface area contributed by atoms with Crippen LogP contribution in [0.25, 0.3) is 0 Å². The number of hydrogen-bond acceptors (Lipinski definition) is 4. The molecule has 0 heterocycles. The molecule has 0 aliphatic carbocycles. The highest BCUT2D eigenvalue weighted by molar-refractivity contribution is 7.92. The molecule has 0 unspecified atom stereocenters. The van der Waals surface area contributed by atoms with Crippen LogP contribution in [0.1, 0.15) is 31.4 Å². The molecule has 3 aromatic rings. The molecule has 7 nitrogen and oxygen atoms in total. The van der Waals surface area contributed by atoms with Crippen LogP contribution in [0.4, 0.5) is 18.9 Å². The van der Waals surface area contributed by atoms with Gasteiger partial charge in [0.25, 0.3) is 10.0 Å². The van der Waals surface area contributed by atoms with Gasteiger partial charge in [0.1, 0.15) is 12.6 Å². The summed E-state index contributed by atoms with van der Waals surface area (Å²) in [6.45, 7) is 2.64. The van der Waals surface area contributed by atoms with Gasteiger partial charge < -0.3 is 10.2 Å². The van der Waals surface area contributed by atoms with E-state index in [0.29, 0.717) is 15.9 Å². The van der Waals surface area contributed by atoms with E-state index in [2.05, 4.69) is 5.32 Å². The highest BCUT2D eigenvalue weighted by Crippen LogP contribution is 2.33. The number of sulfonamides is 1. The summed E-state index contributed by atoms with van der Waals surface area (Å²) in [5.41, 5.74) is -0.943. The number of alkyl halides is 3. The number of benzene rings is 3. The third kappa shape index (κ3) is 7.93. The molecule has 1 N–H and O–H groups in total. The van der Waals surface area contributed by atoms with E-state index in [9.17, 15) is 31.2 Å². The summed E-state index contributed by atoms with van der Waals surface area (Å²) in [5, 5.41) is 3.15. The molecular formula is C28H28Cl2F3N3O4S. The van der Waals surface area contributed by atoms with Gasteiger partial charge >= 0.3 is 6.18 Å². The Kier molecular flexibility index (Phi) is 10.7. The van der Waals surface area contributed by atoms with E-state index in [1.165, 1.54) is 47.4 Å². The first kappa shape index (κ1) is 32.2. The zero-order chi connectivity index (χ0) is 30.4. The first-order valence-corrected chi connectivity index (χ1v) is 14.7. The van der Waals surface area contributed by atoms with Gasteiger partial charge in [-0.1, -0.05) is 60.5 Å². The van der Waals surface area contributed by atoms with Crippen molar-refractivity contribution >= 4 is 50.7 Å². The quantitative estimate of drug-likeness (QED) is 0.276. The molecule has 3 rings (SSSR count). The fraction of sp³-hybridized carbons (Fsp3) is 0.286. The molecular weight excluding hydrogens is 602 g/mol. The van der Waals surface area contributed by atoms with E-state index in [4.69, 9.17) is 23.2 Å². The summed E-state index contributed by atoms with van der Waals surface area (Å²) >= 11 is 12.2. The Morgan fingerprint density at radius 3 is 2.20 bits per heavy atom. The van der Waals surface area contributed by atoms with Crippen LogP contribution in [0.2, 0.25) is 10.0 Å². The number of likely N-dealkylation sites (N-methyl/N-ethyl adjacent to an activating group) is 1. The van der Waals surface area contributed by atoms with Crippen LogP contribution in [-0.4, -0.2) is 44.3 Å². The highest BCUT2D eigenvalue weighted by Gasteiger charge is 2.35. The average Bonchev–Trinajstić information content (AvgIpc) is 2.93. The van der Waals surface area contributed by atoms with Crippen LogP contribution in [-0.2, 0) is 32.3 Å². The first-order chi connectivity index (χ1) is 19.3. The molecule has 0 fully saturated rings. The van der Waals surface area contributed by atoms with E-state index in [-0.39, 0.29) is 40.1 Å². The van der Waals surface area contributed by atoms with Crippen LogP contribution in [0.15, 0.2) is 77.7 Å². The maximum Gasteiger partial charge on any atom is 0.416 e. The second-order valence-electron chi connectivity index (χ2n) is 8.96. The minimum atomic E-state index is -4.76. The molecule has 13 heteroatoms. The number of nitrogens with one attached hydrogen (secondary N) is 1. The van der Waals surface area contributed by atoms with E-state index < -0.39 is 46.2 Å². The lowest BCUT2D eigenvalue weighted by atomic mass is 10.1. The number of carbonyl (C=O) groups is 2. The van der Waals surface area contributed by atoms with Gasteiger partial charge in [-0.05, 0) is 61.4 Å². The summed E-state index contributed by atoms with van der Waals surface area (Å²) < 4.78 is 68.7. The molecule has 0 bridgehead atoms. The molecule has 0 aromatic heterocycles. The number of halogens is 5. The summed E-state index contributed by atoms with van der Waals surface area (Å²) in [5.74, 6) is -1.29. The molecule has 0 saturated carbocycles. The standard InChI is InChI=1S/C28H28Cl2F3N3O4S/c1-3-25(27(38)34-4-2)35(17-19-13-14-23(29)24(30)15-19)26(37)18-36(41(39,40)22-11-6-5-7-12-22)21-10-8-9-20(16-21)28(31,32)33/h5-16,25H,3-4,17-18H2,1-2H3,(H,34,38)/t25-/m0/s1. The molecule has 0 spiro atoms. The lowest BCUT2D eigenvalue weighted by molar-refractivity contribution is -0.140. The Bertz CT molecular complexity index is 1490. The van der Waals surface area contributed by atoms with Gasteiger partial charge in [0.2, 0.25) is 11.8 Å². The fourth-order valence-corrected chi connectivity index (χ4v) is 5.88. The Hall–Kier alpha value is -3.28. The summed E-state index contributed by atoms with van der Waals surface area (Å²) in [7, 11) is -4.51. The van der Waals surface area contributed by atoms with E-state index >= 15 is 0 Å². The maximum absolute atomic E-state index is 13.9. The Labute approximate surface area is 246 Å². The molecule has 0 aliphatic heterocycles. The predicted octanol–water partition coefficient (Wildman–Crippen LogP) is 6.15. The monoisotopic (exact) mass is 629 g/mol. The summed E-state index contributed by atoms with van der Waals surface area (Å²) in [6.07, 6.45) is -4.58. The third-order valence-corrected chi connectivity index (χ3v) is 8.67. The van der Waals surface area contributed by atoms with Crippen molar-refractivity contribution in [2.24, 2.45) is 0 Å². The van der Waals surface area contributed by atoms with Crippen molar-refractivity contribution in [3.8, 4) is 0 Å². The van der Waals surface area contributed by atoms with Gasteiger partial charge in [0, 0.05) is 13.1 Å². The van der Waals surface area contributed by atoms with Gasteiger partial charge in [-0.2, -0.15) is 13.2 Å². The Balaban J connectivity index is 2.12. The number of hydrogen-bond donors (Lipinski definition) is 1. The molecule has 1 atom stereocenters. The second-order valence-corrected chi connectivity index (χ2v) is 11.6. The van der Waals surface area contributed by atoms with Crippen molar-refractivity contribution in [2.45, 2.75) is 43.9 Å². The largest absolute Gasteiger partial charge is 0.416 e. The number of nitrogens with zero attached hydrogens (tertiary/aromatic N) is 2. The fourth-order valence-electron chi connectivity index (χ4n) is 4.13. The molecule has 0 saturated heterocycles. The van der Waals surface area contributed by atoms with Crippen molar-refractivity contribution in [3.63, 3.8) is 0 Å². The molecule has 41 heavy (non-hydrogen) atoms. The highest BCUT2D eigenvalue weighted by atomic mass is 35.5.